The van der Waals surface area contributed by atoms with Crippen LogP contribution < -0.4 is 0 Å². The molecule has 0 radical (unpaired) electrons. The van der Waals surface area contributed by atoms with Crippen molar-refractivity contribution in [3.05, 3.63) is 12.7 Å². The molecule has 1 unspecified atom stereocenters. The molecule has 112 valence electrons. The summed E-state index contributed by atoms with van der Waals surface area (Å²) in [6, 6.07) is 0. The van der Waals surface area contributed by atoms with E-state index >= 15 is 0 Å². The Bertz CT molecular complexity index is 259. The lowest BCUT2D eigenvalue weighted by Crippen LogP contribution is -2.25. The molecule has 0 aliphatic rings. The van der Waals surface area contributed by atoms with Gasteiger partial charge in [-0.05, 0) is 32.7 Å². The minimum atomic E-state index is -0.575. The van der Waals surface area contributed by atoms with Crippen LogP contribution in [-0.4, -0.2) is 27.9 Å². The van der Waals surface area contributed by atoms with E-state index in [-0.39, 0.29) is 11.6 Å². The first kappa shape index (κ1) is 18.4. The SMILES string of the molecule is C=CC(=O)OCCC(CCCCC)[SiH2]OC(C)(C)C. The van der Waals surface area contributed by atoms with Gasteiger partial charge in [0.15, 0.2) is 9.76 Å². The number of unbranched alkanes of at least 4 members (excludes halogenated alkanes) is 2. The summed E-state index contributed by atoms with van der Waals surface area (Å²) < 4.78 is 11.1. The zero-order valence-electron chi connectivity index (χ0n) is 13.0. The largest absolute Gasteiger partial charge is 0.463 e. The summed E-state index contributed by atoms with van der Waals surface area (Å²) in [7, 11) is -0.575. The maximum absolute atomic E-state index is 11.0. The lowest BCUT2D eigenvalue weighted by atomic mass is 10.1. The fourth-order valence-corrected chi connectivity index (χ4v) is 3.27. The van der Waals surface area contributed by atoms with Crippen LogP contribution in [0.25, 0.3) is 0 Å². The van der Waals surface area contributed by atoms with Crippen molar-refractivity contribution < 1.29 is 14.0 Å². The molecule has 0 aliphatic carbocycles. The molecule has 19 heavy (non-hydrogen) atoms. The van der Waals surface area contributed by atoms with Crippen LogP contribution in [0.4, 0.5) is 0 Å². The van der Waals surface area contributed by atoms with Gasteiger partial charge in [-0.2, -0.15) is 0 Å². The third kappa shape index (κ3) is 12.2. The quantitative estimate of drug-likeness (QED) is 0.267. The van der Waals surface area contributed by atoms with Gasteiger partial charge < -0.3 is 9.16 Å². The van der Waals surface area contributed by atoms with E-state index in [1.165, 1.54) is 31.8 Å². The van der Waals surface area contributed by atoms with E-state index < -0.39 is 9.76 Å². The summed E-state index contributed by atoms with van der Waals surface area (Å²) in [5.41, 5.74) is 0.552. The number of hydrogen-bond acceptors (Lipinski definition) is 3. The third-order valence-electron chi connectivity index (χ3n) is 2.91. The Labute approximate surface area is 120 Å². The predicted molar refractivity (Wildman–Crippen MR) is 83.0 cm³/mol. The van der Waals surface area contributed by atoms with Crippen LogP contribution in [-0.2, 0) is 14.0 Å². The highest BCUT2D eigenvalue weighted by Gasteiger charge is 2.16. The van der Waals surface area contributed by atoms with Crippen LogP contribution in [0.3, 0.4) is 0 Å². The molecule has 0 spiro atoms. The second-order valence-corrected chi connectivity index (χ2v) is 7.72. The molecule has 0 aromatic heterocycles. The van der Waals surface area contributed by atoms with Gasteiger partial charge in [0.25, 0.3) is 0 Å². The van der Waals surface area contributed by atoms with Crippen molar-refractivity contribution in [3.63, 3.8) is 0 Å². The molecule has 0 aromatic rings. The zero-order chi connectivity index (χ0) is 14.7. The van der Waals surface area contributed by atoms with Gasteiger partial charge in [0, 0.05) is 11.7 Å². The highest BCUT2D eigenvalue weighted by molar-refractivity contribution is 6.29. The number of rotatable bonds is 10. The van der Waals surface area contributed by atoms with Crippen molar-refractivity contribution >= 4 is 15.7 Å². The minimum Gasteiger partial charge on any atom is -0.463 e. The van der Waals surface area contributed by atoms with Gasteiger partial charge in [-0.15, -0.1) is 0 Å². The molecule has 0 amide bonds. The average molecular weight is 286 g/mol. The molecular weight excluding hydrogens is 256 g/mol. The van der Waals surface area contributed by atoms with Gasteiger partial charge >= 0.3 is 5.97 Å². The van der Waals surface area contributed by atoms with E-state index in [1.807, 2.05) is 0 Å². The molecular formula is C15H30O3Si. The molecule has 1 atom stereocenters. The molecule has 4 heteroatoms. The van der Waals surface area contributed by atoms with Gasteiger partial charge in [-0.3, -0.25) is 0 Å². The van der Waals surface area contributed by atoms with Crippen LogP contribution in [0.1, 0.15) is 59.8 Å². The number of hydrogen-bond donors (Lipinski definition) is 0. The second kappa shape index (κ2) is 10.2. The Morgan fingerprint density at radius 2 is 2.00 bits per heavy atom. The smallest absolute Gasteiger partial charge is 0.330 e. The Hall–Kier alpha value is -0.613. The van der Waals surface area contributed by atoms with Crippen LogP contribution in [0, 0.1) is 0 Å². The predicted octanol–water partition coefficient (Wildman–Crippen LogP) is 3.37. The summed E-state index contributed by atoms with van der Waals surface area (Å²) in [5.74, 6) is -0.328. The van der Waals surface area contributed by atoms with Crippen LogP contribution >= 0.6 is 0 Å². The zero-order valence-corrected chi connectivity index (χ0v) is 14.5. The molecule has 0 fully saturated rings. The van der Waals surface area contributed by atoms with Gasteiger partial charge in [0.05, 0.1) is 6.61 Å². The fourth-order valence-electron chi connectivity index (χ4n) is 1.75. The maximum Gasteiger partial charge on any atom is 0.330 e. The minimum absolute atomic E-state index is 0.0486. The Morgan fingerprint density at radius 3 is 2.53 bits per heavy atom. The lowest BCUT2D eigenvalue weighted by Gasteiger charge is -2.24. The van der Waals surface area contributed by atoms with E-state index in [1.54, 1.807) is 0 Å². The Balaban J connectivity index is 4.02. The summed E-state index contributed by atoms with van der Waals surface area (Å²) in [4.78, 5) is 11.0. The van der Waals surface area contributed by atoms with Crippen molar-refractivity contribution in [2.24, 2.45) is 0 Å². The van der Waals surface area contributed by atoms with Crippen molar-refractivity contribution in [2.45, 2.75) is 70.9 Å². The summed E-state index contributed by atoms with van der Waals surface area (Å²) in [5, 5.41) is 0. The van der Waals surface area contributed by atoms with Gasteiger partial charge in [0.1, 0.15) is 0 Å². The van der Waals surface area contributed by atoms with Gasteiger partial charge in [0.2, 0.25) is 0 Å². The molecule has 0 N–H and O–H groups in total. The van der Waals surface area contributed by atoms with Crippen LogP contribution in [0.2, 0.25) is 5.54 Å². The van der Waals surface area contributed by atoms with E-state index in [0.717, 1.165) is 6.42 Å². The summed E-state index contributed by atoms with van der Waals surface area (Å²) in [6.07, 6.45) is 7.09. The molecule has 0 aromatic carbocycles. The summed E-state index contributed by atoms with van der Waals surface area (Å²) in [6.45, 7) is 12.4. The average Bonchev–Trinajstić information content (AvgIpc) is 2.34. The van der Waals surface area contributed by atoms with Crippen molar-refractivity contribution in [3.8, 4) is 0 Å². The molecule has 3 nitrogen and oxygen atoms in total. The molecule has 0 rings (SSSR count). The van der Waals surface area contributed by atoms with Gasteiger partial charge in [-0.1, -0.05) is 39.2 Å². The maximum atomic E-state index is 11.0. The molecule has 0 heterocycles. The van der Waals surface area contributed by atoms with E-state index in [0.29, 0.717) is 12.1 Å². The molecule has 0 saturated carbocycles. The fraction of sp³-hybridized carbons (Fsp3) is 0.800. The second-order valence-electron chi connectivity index (χ2n) is 5.95. The monoisotopic (exact) mass is 286 g/mol. The normalized spacial score (nSPS) is 13.7. The molecule has 0 saturated heterocycles. The van der Waals surface area contributed by atoms with Crippen molar-refractivity contribution in [2.75, 3.05) is 6.61 Å². The van der Waals surface area contributed by atoms with Crippen LogP contribution in [0.5, 0.6) is 0 Å². The Kier molecular flexibility index (Phi) is 9.88. The number of carbonyl (C=O) groups is 1. The first-order chi connectivity index (χ1) is 8.89. The topological polar surface area (TPSA) is 35.5 Å². The first-order valence-electron chi connectivity index (χ1n) is 7.32. The van der Waals surface area contributed by atoms with E-state index in [2.05, 4.69) is 34.3 Å². The standard InChI is InChI=1S/C15H30O3Si/c1-6-8-9-10-13(19-18-15(3,4)5)11-12-17-14(16)7-2/h7,13H,2,6,8-12,19H2,1,3-5H3. The Morgan fingerprint density at radius 1 is 1.32 bits per heavy atom. The van der Waals surface area contributed by atoms with E-state index in [4.69, 9.17) is 9.16 Å². The van der Waals surface area contributed by atoms with Crippen molar-refractivity contribution in [1.29, 1.82) is 0 Å². The van der Waals surface area contributed by atoms with Crippen molar-refractivity contribution in [1.82, 2.24) is 0 Å². The third-order valence-corrected chi connectivity index (χ3v) is 5.23. The lowest BCUT2D eigenvalue weighted by molar-refractivity contribution is -0.137. The molecule has 0 bridgehead atoms. The molecule has 0 aliphatic heterocycles. The highest BCUT2D eigenvalue weighted by Crippen LogP contribution is 2.21. The highest BCUT2D eigenvalue weighted by atomic mass is 28.2. The van der Waals surface area contributed by atoms with Gasteiger partial charge in [-0.25, -0.2) is 4.79 Å². The summed E-state index contributed by atoms with van der Waals surface area (Å²) >= 11 is 0. The van der Waals surface area contributed by atoms with Crippen LogP contribution in [0.15, 0.2) is 12.7 Å². The number of ether oxygens (including phenoxy) is 1. The first-order valence-corrected chi connectivity index (χ1v) is 8.71. The van der Waals surface area contributed by atoms with E-state index in [9.17, 15) is 4.79 Å². The number of esters is 1. The number of carbonyl (C=O) groups excluding carboxylic acids is 1.